The Bertz CT molecular complexity index is 899. The van der Waals surface area contributed by atoms with E-state index in [1.165, 1.54) is 11.3 Å². The van der Waals surface area contributed by atoms with Crippen LogP contribution in [0.4, 0.5) is 10.8 Å². The average molecular weight is 385 g/mol. The molecule has 0 saturated carbocycles. The van der Waals surface area contributed by atoms with Crippen molar-refractivity contribution < 1.29 is 9.59 Å². The number of para-hydroxylation sites is 1. The number of piperidine rings is 1. The predicted molar refractivity (Wildman–Crippen MR) is 108 cm³/mol. The molecule has 6 nitrogen and oxygen atoms in total. The molecule has 0 aliphatic carbocycles. The third-order valence-corrected chi connectivity index (χ3v) is 6.82. The number of nitrogens with zero attached hydrogens (tertiary/aromatic N) is 3. The first-order valence-electron chi connectivity index (χ1n) is 9.36. The van der Waals surface area contributed by atoms with Gasteiger partial charge in [0.25, 0.3) is 5.91 Å². The number of hydrogen-bond donors (Lipinski definition) is 1. The number of aryl methyl sites for hydroxylation is 1. The van der Waals surface area contributed by atoms with E-state index in [-0.39, 0.29) is 11.8 Å². The molecule has 1 aromatic carbocycles. The van der Waals surface area contributed by atoms with Gasteiger partial charge in [0.1, 0.15) is 4.88 Å². The van der Waals surface area contributed by atoms with E-state index in [0.717, 1.165) is 28.6 Å². The van der Waals surface area contributed by atoms with E-state index in [2.05, 4.69) is 16.4 Å². The van der Waals surface area contributed by atoms with Crippen molar-refractivity contribution in [3.63, 3.8) is 0 Å². The summed E-state index contributed by atoms with van der Waals surface area (Å²) in [7, 11) is 1.84. The summed E-state index contributed by atoms with van der Waals surface area (Å²) in [6.45, 7) is 5.83. The number of likely N-dealkylation sites (N-methyl/N-ethyl adjacent to an activating group) is 1. The van der Waals surface area contributed by atoms with E-state index in [1.807, 2.05) is 44.0 Å². The first-order chi connectivity index (χ1) is 13.0. The van der Waals surface area contributed by atoms with Gasteiger partial charge in [0.05, 0.1) is 11.1 Å². The number of likely N-dealkylation sites (tertiary alicyclic amines) is 1. The van der Waals surface area contributed by atoms with Crippen molar-refractivity contribution in [2.45, 2.75) is 32.1 Å². The lowest BCUT2D eigenvalue weighted by Gasteiger charge is -2.38. The highest BCUT2D eigenvalue weighted by Gasteiger charge is 2.51. The molecule has 0 atom stereocenters. The number of benzene rings is 1. The Morgan fingerprint density at radius 1 is 1.30 bits per heavy atom. The lowest BCUT2D eigenvalue weighted by Crippen LogP contribution is -2.49. The molecule has 2 amide bonds. The predicted octanol–water partition coefficient (Wildman–Crippen LogP) is 3.03. The van der Waals surface area contributed by atoms with Gasteiger partial charge < -0.3 is 15.1 Å². The van der Waals surface area contributed by atoms with Gasteiger partial charge in [0, 0.05) is 32.4 Å². The van der Waals surface area contributed by atoms with Gasteiger partial charge in [0.15, 0.2) is 5.13 Å². The van der Waals surface area contributed by atoms with E-state index >= 15 is 0 Å². The van der Waals surface area contributed by atoms with Crippen molar-refractivity contribution >= 4 is 34.0 Å². The third-order valence-electron chi connectivity index (χ3n) is 5.72. The van der Waals surface area contributed by atoms with E-state index in [0.29, 0.717) is 30.8 Å². The molecular weight excluding hydrogens is 360 g/mol. The standard InChI is InChI=1S/C20H24N4O2S/c1-4-21-19-22-13(2)16(27-19)17(25)24-11-9-20(10-12-24)14-7-5-6-8-15(14)23(3)18(20)26/h5-8H,4,9-12H2,1-3H3,(H,21,22). The fourth-order valence-corrected chi connectivity index (χ4v) is 5.26. The smallest absolute Gasteiger partial charge is 0.265 e. The summed E-state index contributed by atoms with van der Waals surface area (Å²) in [5.74, 6) is 0.176. The first-order valence-corrected chi connectivity index (χ1v) is 10.2. The van der Waals surface area contributed by atoms with Gasteiger partial charge in [-0.2, -0.15) is 0 Å². The second-order valence-electron chi connectivity index (χ2n) is 7.22. The van der Waals surface area contributed by atoms with Crippen LogP contribution >= 0.6 is 11.3 Å². The molecule has 2 aromatic rings. The van der Waals surface area contributed by atoms with Crippen LogP contribution in [0.2, 0.25) is 0 Å². The number of hydrogen-bond acceptors (Lipinski definition) is 5. The van der Waals surface area contributed by atoms with Gasteiger partial charge in [-0.05, 0) is 38.3 Å². The number of aromatic nitrogens is 1. The Morgan fingerprint density at radius 3 is 2.70 bits per heavy atom. The molecule has 27 heavy (non-hydrogen) atoms. The largest absolute Gasteiger partial charge is 0.362 e. The fourth-order valence-electron chi connectivity index (χ4n) is 4.26. The number of nitrogens with one attached hydrogen (secondary N) is 1. The van der Waals surface area contributed by atoms with E-state index < -0.39 is 5.41 Å². The van der Waals surface area contributed by atoms with Gasteiger partial charge in [-0.15, -0.1) is 0 Å². The first kappa shape index (κ1) is 18.0. The minimum atomic E-state index is -0.486. The van der Waals surface area contributed by atoms with E-state index in [9.17, 15) is 9.59 Å². The SMILES string of the molecule is CCNc1nc(C)c(C(=O)N2CCC3(CC2)C(=O)N(C)c2ccccc23)s1. The summed E-state index contributed by atoms with van der Waals surface area (Å²) in [6.07, 6.45) is 1.33. The van der Waals surface area contributed by atoms with Crippen LogP contribution in [0, 0.1) is 6.92 Å². The Morgan fingerprint density at radius 2 is 2.00 bits per heavy atom. The highest BCUT2D eigenvalue weighted by Crippen LogP contribution is 2.47. The summed E-state index contributed by atoms with van der Waals surface area (Å²) < 4.78 is 0. The van der Waals surface area contributed by atoms with Crippen molar-refractivity contribution in [1.82, 2.24) is 9.88 Å². The maximum atomic E-state index is 13.0. The molecule has 1 N–H and O–H groups in total. The molecule has 1 fully saturated rings. The Labute approximate surface area is 163 Å². The van der Waals surface area contributed by atoms with Gasteiger partial charge in [-0.3, -0.25) is 9.59 Å². The Hall–Kier alpha value is -2.41. The molecule has 2 aliphatic rings. The topological polar surface area (TPSA) is 65.5 Å². The molecule has 1 aromatic heterocycles. The minimum absolute atomic E-state index is 0.0242. The highest BCUT2D eigenvalue weighted by molar-refractivity contribution is 7.17. The summed E-state index contributed by atoms with van der Waals surface area (Å²) in [5.41, 5.74) is 2.38. The quantitative estimate of drug-likeness (QED) is 0.883. The van der Waals surface area contributed by atoms with Crippen LogP contribution in [-0.4, -0.2) is 48.4 Å². The zero-order chi connectivity index (χ0) is 19.2. The molecule has 0 bridgehead atoms. The minimum Gasteiger partial charge on any atom is -0.362 e. The molecule has 2 aliphatic heterocycles. The van der Waals surface area contributed by atoms with Gasteiger partial charge in [-0.25, -0.2) is 4.98 Å². The summed E-state index contributed by atoms with van der Waals surface area (Å²) >= 11 is 1.41. The highest BCUT2D eigenvalue weighted by atomic mass is 32.1. The van der Waals surface area contributed by atoms with Crippen molar-refractivity contribution in [3.05, 3.63) is 40.4 Å². The zero-order valence-electron chi connectivity index (χ0n) is 15.9. The third kappa shape index (κ3) is 2.72. The van der Waals surface area contributed by atoms with Gasteiger partial charge in [0.2, 0.25) is 5.91 Å². The second-order valence-corrected chi connectivity index (χ2v) is 8.22. The average Bonchev–Trinajstić information content (AvgIpc) is 3.15. The van der Waals surface area contributed by atoms with Crippen molar-refractivity contribution in [2.75, 3.05) is 36.9 Å². The fraction of sp³-hybridized carbons (Fsp3) is 0.450. The van der Waals surface area contributed by atoms with Crippen LogP contribution in [-0.2, 0) is 10.2 Å². The Kier molecular flexibility index (Phi) is 4.42. The normalized spacial score (nSPS) is 18.1. The van der Waals surface area contributed by atoms with Crippen LogP contribution in [0.25, 0.3) is 0 Å². The summed E-state index contributed by atoms with van der Waals surface area (Å²) in [6, 6.07) is 8.02. The molecule has 4 rings (SSSR count). The molecule has 1 saturated heterocycles. The molecule has 0 radical (unpaired) electrons. The number of thiazole rings is 1. The lowest BCUT2D eigenvalue weighted by molar-refractivity contribution is -0.124. The molecule has 142 valence electrons. The number of amides is 2. The lowest BCUT2D eigenvalue weighted by atomic mass is 9.73. The molecular formula is C20H24N4O2S. The number of anilines is 2. The summed E-state index contributed by atoms with van der Waals surface area (Å²) in [4.78, 5) is 34.8. The van der Waals surface area contributed by atoms with Gasteiger partial charge in [-0.1, -0.05) is 29.5 Å². The van der Waals surface area contributed by atoms with Crippen molar-refractivity contribution in [1.29, 1.82) is 0 Å². The van der Waals surface area contributed by atoms with Crippen LogP contribution in [0.1, 0.15) is 40.7 Å². The molecule has 7 heteroatoms. The maximum absolute atomic E-state index is 13.0. The van der Waals surface area contributed by atoms with Crippen molar-refractivity contribution in [3.8, 4) is 0 Å². The van der Waals surface area contributed by atoms with Crippen molar-refractivity contribution in [2.24, 2.45) is 0 Å². The molecule has 0 unspecified atom stereocenters. The number of fused-ring (bicyclic) bond motifs is 2. The van der Waals surface area contributed by atoms with E-state index in [4.69, 9.17) is 0 Å². The van der Waals surface area contributed by atoms with Gasteiger partial charge >= 0.3 is 0 Å². The van der Waals surface area contributed by atoms with Crippen LogP contribution in [0.15, 0.2) is 24.3 Å². The molecule has 1 spiro atoms. The number of rotatable bonds is 3. The van der Waals surface area contributed by atoms with Crippen LogP contribution in [0.3, 0.4) is 0 Å². The monoisotopic (exact) mass is 384 g/mol. The summed E-state index contributed by atoms with van der Waals surface area (Å²) in [5, 5.41) is 3.96. The van der Waals surface area contributed by atoms with E-state index in [1.54, 1.807) is 4.90 Å². The van der Waals surface area contributed by atoms with Crippen LogP contribution in [0.5, 0.6) is 0 Å². The molecule has 3 heterocycles. The Balaban J connectivity index is 1.54. The van der Waals surface area contributed by atoms with Crippen LogP contribution < -0.4 is 10.2 Å². The maximum Gasteiger partial charge on any atom is 0.265 e. The second kappa shape index (κ2) is 6.64. The number of carbonyl (C=O) groups excluding carboxylic acids is 2. The zero-order valence-corrected chi connectivity index (χ0v) is 16.7. The number of carbonyl (C=O) groups is 2.